The number of rotatable bonds is 5. The van der Waals surface area contributed by atoms with Gasteiger partial charge in [-0.05, 0) is 36.6 Å². The molecular formula is C21H27FN4O2. The van der Waals surface area contributed by atoms with Crippen LogP contribution in [0.15, 0.2) is 36.5 Å². The van der Waals surface area contributed by atoms with Gasteiger partial charge in [-0.3, -0.25) is 14.3 Å². The normalized spacial score (nSPS) is 17.9. The Morgan fingerprint density at radius 1 is 1.25 bits per heavy atom. The molecular weight excluding hydrogens is 359 g/mol. The maximum Gasteiger partial charge on any atom is 0.272 e. The summed E-state index contributed by atoms with van der Waals surface area (Å²) < 4.78 is 14.9. The average Bonchev–Trinajstić information content (AvgIpc) is 3.09. The van der Waals surface area contributed by atoms with Crippen molar-refractivity contribution in [3.8, 4) is 0 Å². The minimum Gasteiger partial charge on any atom is -0.335 e. The lowest BCUT2D eigenvalue weighted by Gasteiger charge is -2.34. The van der Waals surface area contributed by atoms with Crippen LogP contribution in [0.25, 0.3) is 0 Å². The number of hydrogen-bond acceptors (Lipinski definition) is 3. The third kappa shape index (κ3) is 4.24. The van der Waals surface area contributed by atoms with E-state index in [4.69, 9.17) is 0 Å². The van der Waals surface area contributed by atoms with Crippen molar-refractivity contribution in [2.45, 2.75) is 46.3 Å². The summed E-state index contributed by atoms with van der Waals surface area (Å²) in [5.41, 5.74) is 1.42. The molecule has 1 aromatic heterocycles. The highest BCUT2D eigenvalue weighted by Crippen LogP contribution is 2.22. The summed E-state index contributed by atoms with van der Waals surface area (Å²) >= 11 is 0. The van der Waals surface area contributed by atoms with E-state index in [-0.39, 0.29) is 36.0 Å². The van der Waals surface area contributed by atoms with Gasteiger partial charge in [0.15, 0.2) is 0 Å². The van der Waals surface area contributed by atoms with E-state index in [1.54, 1.807) is 34.0 Å². The standard InChI is InChI=1S/C21H27FN4O2/c1-4-26-18(9-11-23-26)21(28)24-12-10-20(27)25(19(14-24)15(2)3)13-16-5-7-17(22)8-6-16/h5-9,11,15,19H,4,10,12-14H2,1-3H3/t19-/m1/s1. The third-order valence-electron chi connectivity index (χ3n) is 5.28. The molecule has 6 nitrogen and oxygen atoms in total. The van der Waals surface area contributed by atoms with E-state index in [0.717, 1.165) is 5.56 Å². The molecule has 1 aliphatic heterocycles. The lowest BCUT2D eigenvalue weighted by atomic mass is 10.0. The van der Waals surface area contributed by atoms with Crippen LogP contribution in [0.3, 0.4) is 0 Å². The molecule has 0 unspecified atom stereocenters. The largest absolute Gasteiger partial charge is 0.335 e. The van der Waals surface area contributed by atoms with E-state index in [2.05, 4.69) is 18.9 Å². The number of carbonyl (C=O) groups is 2. The monoisotopic (exact) mass is 386 g/mol. The van der Waals surface area contributed by atoms with Gasteiger partial charge in [0.25, 0.3) is 5.91 Å². The quantitative estimate of drug-likeness (QED) is 0.794. The van der Waals surface area contributed by atoms with Crippen LogP contribution in [0.2, 0.25) is 0 Å². The number of aryl methyl sites for hydroxylation is 1. The van der Waals surface area contributed by atoms with E-state index < -0.39 is 0 Å². The number of halogens is 1. The van der Waals surface area contributed by atoms with Gasteiger partial charge in [0.05, 0.1) is 6.04 Å². The minimum absolute atomic E-state index is 0.0160. The highest BCUT2D eigenvalue weighted by molar-refractivity contribution is 5.93. The zero-order chi connectivity index (χ0) is 20.3. The van der Waals surface area contributed by atoms with Crippen molar-refractivity contribution in [3.05, 3.63) is 53.6 Å². The molecule has 1 saturated heterocycles. The van der Waals surface area contributed by atoms with Crippen molar-refractivity contribution in [2.24, 2.45) is 5.92 Å². The lowest BCUT2D eigenvalue weighted by molar-refractivity contribution is -0.134. The van der Waals surface area contributed by atoms with Crippen molar-refractivity contribution in [1.29, 1.82) is 0 Å². The van der Waals surface area contributed by atoms with Crippen LogP contribution in [0.1, 0.15) is 43.2 Å². The number of carbonyl (C=O) groups excluding carboxylic acids is 2. The van der Waals surface area contributed by atoms with Gasteiger partial charge in [-0.25, -0.2) is 4.39 Å². The maximum absolute atomic E-state index is 13.2. The Hall–Kier alpha value is -2.70. The van der Waals surface area contributed by atoms with E-state index in [1.165, 1.54) is 12.1 Å². The molecule has 2 amide bonds. The Morgan fingerprint density at radius 3 is 2.61 bits per heavy atom. The van der Waals surface area contributed by atoms with Crippen molar-refractivity contribution in [1.82, 2.24) is 19.6 Å². The molecule has 2 heterocycles. The van der Waals surface area contributed by atoms with Gasteiger partial charge < -0.3 is 9.80 Å². The van der Waals surface area contributed by atoms with Gasteiger partial charge in [0.1, 0.15) is 11.5 Å². The third-order valence-corrected chi connectivity index (χ3v) is 5.28. The van der Waals surface area contributed by atoms with Gasteiger partial charge in [-0.1, -0.05) is 26.0 Å². The van der Waals surface area contributed by atoms with Crippen LogP contribution < -0.4 is 0 Å². The van der Waals surface area contributed by atoms with Crippen molar-refractivity contribution < 1.29 is 14.0 Å². The maximum atomic E-state index is 13.2. The second kappa shape index (κ2) is 8.54. The van der Waals surface area contributed by atoms with Crippen LogP contribution in [-0.2, 0) is 17.9 Å². The number of nitrogens with zero attached hydrogens (tertiary/aromatic N) is 4. The van der Waals surface area contributed by atoms with Gasteiger partial charge >= 0.3 is 0 Å². The predicted octanol–water partition coefficient (Wildman–Crippen LogP) is 2.94. The van der Waals surface area contributed by atoms with Crippen LogP contribution in [-0.4, -0.2) is 50.5 Å². The molecule has 150 valence electrons. The highest BCUT2D eigenvalue weighted by atomic mass is 19.1. The van der Waals surface area contributed by atoms with Gasteiger partial charge in [-0.2, -0.15) is 5.10 Å². The van der Waals surface area contributed by atoms with Crippen molar-refractivity contribution in [2.75, 3.05) is 13.1 Å². The molecule has 1 fully saturated rings. The fourth-order valence-corrected chi connectivity index (χ4v) is 3.65. The minimum atomic E-state index is -0.296. The summed E-state index contributed by atoms with van der Waals surface area (Å²) in [5, 5.41) is 4.18. The van der Waals surface area contributed by atoms with E-state index >= 15 is 0 Å². The second-order valence-electron chi connectivity index (χ2n) is 7.49. The van der Waals surface area contributed by atoms with Gasteiger partial charge in [-0.15, -0.1) is 0 Å². The first-order chi connectivity index (χ1) is 13.4. The Bertz CT molecular complexity index is 831. The van der Waals surface area contributed by atoms with Crippen LogP contribution >= 0.6 is 0 Å². The van der Waals surface area contributed by atoms with E-state index in [1.807, 2.05) is 11.8 Å². The predicted molar refractivity (Wildman–Crippen MR) is 104 cm³/mol. The van der Waals surface area contributed by atoms with Crippen LogP contribution in [0.5, 0.6) is 0 Å². The summed E-state index contributed by atoms with van der Waals surface area (Å²) in [6.07, 6.45) is 1.90. The molecule has 7 heteroatoms. The Labute approximate surface area is 164 Å². The van der Waals surface area contributed by atoms with Crippen molar-refractivity contribution in [3.63, 3.8) is 0 Å². The molecule has 0 bridgehead atoms. The van der Waals surface area contributed by atoms with Gasteiger partial charge in [0.2, 0.25) is 5.91 Å². The Balaban J connectivity index is 1.83. The van der Waals surface area contributed by atoms with Crippen LogP contribution in [0.4, 0.5) is 4.39 Å². The second-order valence-corrected chi connectivity index (χ2v) is 7.49. The van der Waals surface area contributed by atoms with E-state index in [0.29, 0.717) is 31.9 Å². The summed E-state index contributed by atoms with van der Waals surface area (Å²) in [6, 6.07) is 7.83. The first-order valence-corrected chi connectivity index (χ1v) is 9.75. The molecule has 0 radical (unpaired) electrons. The van der Waals surface area contributed by atoms with Crippen LogP contribution in [0, 0.1) is 11.7 Å². The molecule has 1 aliphatic rings. The van der Waals surface area contributed by atoms with Crippen molar-refractivity contribution >= 4 is 11.8 Å². The van der Waals surface area contributed by atoms with E-state index in [9.17, 15) is 14.0 Å². The summed E-state index contributed by atoms with van der Waals surface area (Å²) in [4.78, 5) is 29.5. The highest BCUT2D eigenvalue weighted by Gasteiger charge is 2.34. The Morgan fingerprint density at radius 2 is 1.96 bits per heavy atom. The summed E-state index contributed by atoms with van der Waals surface area (Å²) in [6.45, 7) is 7.94. The molecule has 1 atom stereocenters. The topological polar surface area (TPSA) is 58.4 Å². The number of hydrogen-bond donors (Lipinski definition) is 0. The zero-order valence-corrected chi connectivity index (χ0v) is 16.6. The molecule has 3 rings (SSSR count). The Kier molecular flexibility index (Phi) is 6.11. The fraction of sp³-hybridized carbons (Fsp3) is 0.476. The first kappa shape index (κ1) is 20.0. The number of aromatic nitrogens is 2. The molecule has 0 spiro atoms. The molecule has 2 aromatic rings. The number of benzene rings is 1. The number of amides is 2. The molecule has 0 saturated carbocycles. The fourth-order valence-electron chi connectivity index (χ4n) is 3.65. The smallest absolute Gasteiger partial charge is 0.272 e. The summed E-state index contributed by atoms with van der Waals surface area (Å²) in [7, 11) is 0. The lowest BCUT2D eigenvalue weighted by Crippen LogP contribution is -2.47. The zero-order valence-electron chi connectivity index (χ0n) is 16.6. The first-order valence-electron chi connectivity index (χ1n) is 9.75. The molecule has 0 aliphatic carbocycles. The molecule has 1 aromatic carbocycles. The van der Waals surface area contributed by atoms with Gasteiger partial charge in [0, 0.05) is 38.8 Å². The average molecular weight is 386 g/mol. The SMILES string of the molecule is CCn1nccc1C(=O)N1CCC(=O)N(Cc2ccc(F)cc2)[C@@H](C(C)C)C1. The summed E-state index contributed by atoms with van der Waals surface area (Å²) in [5.74, 6) is -0.201. The molecule has 28 heavy (non-hydrogen) atoms. The molecule has 0 N–H and O–H groups in total.